The average molecular weight is 424 g/mol. The molecule has 0 spiro atoms. The van der Waals surface area contributed by atoms with Crippen molar-refractivity contribution in [3.05, 3.63) is 70.5 Å². The topological polar surface area (TPSA) is 55.2 Å². The van der Waals surface area contributed by atoms with Gasteiger partial charge in [0.2, 0.25) is 5.91 Å². The van der Waals surface area contributed by atoms with Gasteiger partial charge in [0, 0.05) is 20.6 Å². The zero-order valence-corrected chi connectivity index (χ0v) is 18.7. The molecule has 0 N–H and O–H groups in total. The predicted molar refractivity (Wildman–Crippen MR) is 124 cm³/mol. The Labute approximate surface area is 182 Å². The Morgan fingerprint density at radius 3 is 2.43 bits per heavy atom. The fourth-order valence-electron chi connectivity index (χ4n) is 3.36. The fourth-order valence-corrected chi connectivity index (χ4v) is 4.63. The molecule has 0 saturated heterocycles. The maximum Gasteiger partial charge on any atom is 0.262 e. The van der Waals surface area contributed by atoms with Crippen LogP contribution in [0, 0.1) is 0 Å². The molecule has 2 aromatic carbocycles. The Hall–Kier alpha value is -2.60. The second-order valence-electron chi connectivity index (χ2n) is 7.57. The summed E-state index contributed by atoms with van der Waals surface area (Å²) >= 11 is 1.36. The van der Waals surface area contributed by atoms with E-state index in [2.05, 4.69) is 6.92 Å². The van der Waals surface area contributed by atoms with Crippen molar-refractivity contribution in [1.29, 1.82) is 0 Å². The van der Waals surface area contributed by atoms with Crippen molar-refractivity contribution in [2.24, 2.45) is 0 Å². The lowest BCUT2D eigenvalue weighted by molar-refractivity contribution is -0.128. The van der Waals surface area contributed by atoms with E-state index in [1.165, 1.54) is 11.8 Å². The molecule has 1 unspecified atom stereocenters. The summed E-state index contributed by atoms with van der Waals surface area (Å²) < 4.78 is 1.75. The molecule has 0 bridgehead atoms. The van der Waals surface area contributed by atoms with E-state index in [-0.39, 0.29) is 11.5 Å². The Bertz CT molecular complexity index is 1050. The van der Waals surface area contributed by atoms with Crippen LogP contribution in [0.15, 0.2) is 64.5 Å². The summed E-state index contributed by atoms with van der Waals surface area (Å²) in [6, 6.07) is 17.1. The highest BCUT2D eigenvalue weighted by molar-refractivity contribution is 8.00. The highest BCUT2D eigenvalue weighted by Gasteiger charge is 2.26. The van der Waals surface area contributed by atoms with Gasteiger partial charge in [0.25, 0.3) is 5.56 Å². The van der Waals surface area contributed by atoms with Crippen molar-refractivity contribution in [1.82, 2.24) is 14.5 Å². The lowest BCUT2D eigenvalue weighted by atomic mass is 10.1. The number of carbonyl (C=O) groups excluding carboxylic acids is 1. The van der Waals surface area contributed by atoms with E-state index in [4.69, 9.17) is 4.98 Å². The van der Waals surface area contributed by atoms with Crippen molar-refractivity contribution in [2.45, 2.75) is 49.6 Å². The minimum atomic E-state index is -0.462. The molecule has 3 rings (SSSR count). The number of likely N-dealkylation sites (N-methyl/N-ethyl adjacent to an activating group) is 1. The molecule has 158 valence electrons. The maximum absolute atomic E-state index is 13.2. The number of aromatic nitrogens is 2. The molecular weight excluding hydrogens is 394 g/mol. The Morgan fingerprint density at radius 2 is 1.73 bits per heavy atom. The normalized spacial score (nSPS) is 12.1. The van der Waals surface area contributed by atoms with Crippen LogP contribution in [0.4, 0.5) is 0 Å². The van der Waals surface area contributed by atoms with Gasteiger partial charge in [-0.2, -0.15) is 0 Å². The number of thioether (sulfide) groups is 1. The molecular formula is C24H29N3O2S. The number of hydrogen-bond acceptors (Lipinski definition) is 4. The number of unbranched alkanes of at least 4 members (excludes halogenated alkanes) is 3. The zero-order chi connectivity index (χ0) is 21.5. The van der Waals surface area contributed by atoms with Gasteiger partial charge in [-0.25, -0.2) is 4.98 Å². The van der Waals surface area contributed by atoms with Crippen molar-refractivity contribution < 1.29 is 4.79 Å². The summed E-state index contributed by atoms with van der Waals surface area (Å²) in [5.41, 5.74) is 1.53. The molecule has 1 atom stereocenters. The van der Waals surface area contributed by atoms with E-state index >= 15 is 0 Å². The third-order valence-corrected chi connectivity index (χ3v) is 6.28. The van der Waals surface area contributed by atoms with Gasteiger partial charge in [-0.15, -0.1) is 0 Å². The van der Waals surface area contributed by atoms with Crippen molar-refractivity contribution in [2.75, 3.05) is 14.1 Å². The molecule has 3 aromatic rings. The Balaban J connectivity index is 2.05. The van der Waals surface area contributed by atoms with Crippen LogP contribution in [0.25, 0.3) is 10.9 Å². The smallest absolute Gasteiger partial charge is 0.262 e. The number of nitrogens with zero attached hydrogens (tertiary/aromatic N) is 3. The van der Waals surface area contributed by atoms with Gasteiger partial charge >= 0.3 is 0 Å². The maximum atomic E-state index is 13.2. The largest absolute Gasteiger partial charge is 0.348 e. The fraction of sp³-hybridized carbons (Fsp3) is 0.375. The van der Waals surface area contributed by atoms with Gasteiger partial charge in [0.1, 0.15) is 5.25 Å². The Morgan fingerprint density at radius 1 is 1.03 bits per heavy atom. The number of fused-ring (bicyclic) bond motifs is 1. The van der Waals surface area contributed by atoms with Crippen LogP contribution < -0.4 is 5.56 Å². The Kier molecular flexibility index (Phi) is 7.69. The molecule has 1 heterocycles. The lowest BCUT2D eigenvalue weighted by Gasteiger charge is -2.22. The lowest BCUT2D eigenvalue weighted by Crippen LogP contribution is -2.28. The summed E-state index contributed by atoms with van der Waals surface area (Å²) in [5.74, 6) is -0.0221. The van der Waals surface area contributed by atoms with Gasteiger partial charge in [0.05, 0.1) is 10.9 Å². The van der Waals surface area contributed by atoms with Crippen molar-refractivity contribution in [3.8, 4) is 0 Å². The standard InChI is InChI=1S/C24H29N3O2S/c1-4-5-6-12-17-27-22(28)19-15-10-11-16-20(19)25-24(27)30-21(23(29)26(2)3)18-13-8-7-9-14-18/h7-11,13-16,21H,4-6,12,17H2,1-3H3. The summed E-state index contributed by atoms with van der Waals surface area (Å²) in [6.45, 7) is 2.78. The van der Waals surface area contributed by atoms with Gasteiger partial charge in [0.15, 0.2) is 5.16 Å². The van der Waals surface area contributed by atoms with Crippen LogP contribution in [-0.2, 0) is 11.3 Å². The highest BCUT2D eigenvalue weighted by Crippen LogP contribution is 2.35. The molecule has 0 aliphatic carbocycles. The van der Waals surface area contributed by atoms with Crippen LogP contribution >= 0.6 is 11.8 Å². The second kappa shape index (κ2) is 10.4. The summed E-state index contributed by atoms with van der Waals surface area (Å²) in [5, 5.41) is 0.753. The molecule has 30 heavy (non-hydrogen) atoms. The van der Waals surface area contributed by atoms with E-state index < -0.39 is 5.25 Å². The van der Waals surface area contributed by atoms with Crippen molar-refractivity contribution >= 4 is 28.6 Å². The van der Waals surface area contributed by atoms with Gasteiger partial charge in [-0.3, -0.25) is 14.2 Å². The number of para-hydroxylation sites is 1. The molecule has 0 aliphatic rings. The number of carbonyl (C=O) groups is 1. The molecule has 5 nitrogen and oxygen atoms in total. The zero-order valence-electron chi connectivity index (χ0n) is 17.9. The molecule has 6 heteroatoms. The first-order valence-corrected chi connectivity index (χ1v) is 11.3. The summed E-state index contributed by atoms with van der Waals surface area (Å²) in [6.07, 6.45) is 4.27. The van der Waals surface area contributed by atoms with Crippen LogP contribution in [0.2, 0.25) is 0 Å². The minimum absolute atomic E-state index is 0.0221. The molecule has 0 aliphatic heterocycles. The molecule has 0 radical (unpaired) electrons. The first-order chi connectivity index (χ1) is 14.5. The molecule has 0 fully saturated rings. The highest BCUT2D eigenvalue weighted by atomic mass is 32.2. The van der Waals surface area contributed by atoms with Crippen LogP contribution in [-0.4, -0.2) is 34.5 Å². The van der Waals surface area contributed by atoms with Gasteiger partial charge in [-0.05, 0) is 24.1 Å². The number of amides is 1. The SMILES string of the molecule is CCCCCCn1c(SC(C(=O)N(C)C)c2ccccc2)nc2ccccc2c1=O. The third-order valence-electron chi connectivity index (χ3n) is 5.05. The van der Waals surface area contributed by atoms with E-state index in [1.54, 1.807) is 23.6 Å². The van der Waals surface area contributed by atoms with E-state index in [0.29, 0.717) is 22.6 Å². The monoisotopic (exact) mass is 423 g/mol. The summed E-state index contributed by atoms with van der Waals surface area (Å²) in [4.78, 5) is 32.6. The third kappa shape index (κ3) is 5.11. The van der Waals surface area contributed by atoms with Gasteiger partial charge in [-0.1, -0.05) is 80.4 Å². The first kappa shape index (κ1) is 22.1. The minimum Gasteiger partial charge on any atom is -0.348 e. The van der Waals surface area contributed by atoms with Crippen molar-refractivity contribution in [3.63, 3.8) is 0 Å². The van der Waals surface area contributed by atoms with E-state index in [0.717, 1.165) is 31.2 Å². The number of rotatable bonds is 9. The first-order valence-electron chi connectivity index (χ1n) is 10.4. The van der Waals surface area contributed by atoms with E-state index in [1.807, 2.05) is 54.6 Å². The second-order valence-corrected chi connectivity index (χ2v) is 8.64. The molecule has 1 amide bonds. The predicted octanol–water partition coefficient (Wildman–Crippen LogP) is 4.90. The molecule has 0 saturated carbocycles. The van der Waals surface area contributed by atoms with Gasteiger partial charge < -0.3 is 4.90 Å². The van der Waals surface area contributed by atoms with Crippen LogP contribution in [0.5, 0.6) is 0 Å². The van der Waals surface area contributed by atoms with Crippen LogP contribution in [0.3, 0.4) is 0 Å². The quantitative estimate of drug-likeness (QED) is 0.279. The van der Waals surface area contributed by atoms with Crippen LogP contribution in [0.1, 0.15) is 43.4 Å². The average Bonchev–Trinajstić information content (AvgIpc) is 2.76. The molecule has 1 aromatic heterocycles. The summed E-state index contributed by atoms with van der Waals surface area (Å²) in [7, 11) is 3.51. The van der Waals surface area contributed by atoms with E-state index in [9.17, 15) is 9.59 Å². The number of hydrogen-bond donors (Lipinski definition) is 0. The number of benzene rings is 2.